The lowest BCUT2D eigenvalue weighted by molar-refractivity contribution is 0.0326. The van der Waals surface area contributed by atoms with E-state index in [4.69, 9.17) is 0 Å². The Kier molecular flexibility index (Phi) is 2.19. The van der Waals surface area contributed by atoms with Gasteiger partial charge in [0.2, 0.25) is 0 Å². The molecule has 0 heterocycles. The van der Waals surface area contributed by atoms with E-state index in [1.807, 2.05) is 26.0 Å². The molecule has 1 aliphatic carbocycles. The smallest absolute Gasteiger partial charge is 0.0856 e. The molecule has 0 bridgehead atoms. The maximum atomic E-state index is 9.94. The third-order valence-corrected chi connectivity index (χ3v) is 2.45. The number of hydrogen-bond acceptors (Lipinski definition) is 1. The maximum Gasteiger partial charge on any atom is 0.0856 e. The quantitative estimate of drug-likeness (QED) is 0.611. The highest BCUT2D eigenvalue weighted by Gasteiger charge is 2.29. The van der Waals surface area contributed by atoms with Gasteiger partial charge in [0, 0.05) is 0 Å². The molecule has 1 heteroatoms. The van der Waals surface area contributed by atoms with E-state index in [1.165, 1.54) is 0 Å². The van der Waals surface area contributed by atoms with Gasteiger partial charge in [0.25, 0.3) is 0 Å². The molecule has 0 amide bonds. The molecule has 1 rings (SSSR count). The molecule has 11 heavy (non-hydrogen) atoms. The standard InChI is InChI=1S/C10H16O/c1-8(2)10(11)6-4-9(3)5-7-10/h4,6,8,11H,3,5,7H2,1-2H3/t10-/m0/s1. The molecule has 0 spiro atoms. The Morgan fingerprint density at radius 2 is 2.27 bits per heavy atom. The van der Waals surface area contributed by atoms with Crippen LogP contribution in [0.4, 0.5) is 0 Å². The van der Waals surface area contributed by atoms with Crippen molar-refractivity contribution < 1.29 is 5.11 Å². The van der Waals surface area contributed by atoms with Gasteiger partial charge < -0.3 is 5.11 Å². The summed E-state index contributed by atoms with van der Waals surface area (Å²) in [6, 6.07) is 0. The fourth-order valence-corrected chi connectivity index (χ4v) is 1.27. The van der Waals surface area contributed by atoms with E-state index in [1.54, 1.807) is 0 Å². The maximum absolute atomic E-state index is 9.94. The molecule has 0 radical (unpaired) electrons. The summed E-state index contributed by atoms with van der Waals surface area (Å²) < 4.78 is 0. The van der Waals surface area contributed by atoms with Gasteiger partial charge in [-0.25, -0.2) is 0 Å². The molecule has 0 aromatic heterocycles. The molecule has 0 saturated heterocycles. The first kappa shape index (κ1) is 8.54. The Balaban J connectivity index is 2.75. The zero-order valence-corrected chi connectivity index (χ0v) is 7.30. The van der Waals surface area contributed by atoms with E-state index in [-0.39, 0.29) is 0 Å². The van der Waals surface area contributed by atoms with Crippen molar-refractivity contribution in [3.8, 4) is 0 Å². The van der Waals surface area contributed by atoms with Crippen LogP contribution in [0, 0.1) is 5.92 Å². The fourth-order valence-electron chi connectivity index (χ4n) is 1.27. The molecular weight excluding hydrogens is 136 g/mol. The molecular formula is C10H16O. The van der Waals surface area contributed by atoms with E-state index in [9.17, 15) is 5.11 Å². The zero-order chi connectivity index (χ0) is 8.48. The molecule has 1 atom stereocenters. The van der Waals surface area contributed by atoms with E-state index in [0.29, 0.717) is 5.92 Å². The van der Waals surface area contributed by atoms with E-state index < -0.39 is 5.60 Å². The SMILES string of the molecule is C=C1C=C[C@@](O)(C(C)C)CC1. The molecule has 1 aliphatic rings. The van der Waals surface area contributed by atoms with Gasteiger partial charge in [-0.3, -0.25) is 0 Å². The van der Waals surface area contributed by atoms with Crippen LogP contribution in [0.25, 0.3) is 0 Å². The van der Waals surface area contributed by atoms with Crippen LogP contribution in [0.15, 0.2) is 24.3 Å². The largest absolute Gasteiger partial charge is 0.386 e. The normalized spacial score (nSPS) is 31.5. The van der Waals surface area contributed by atoms with Gasteiger partial charge in [0.1, 0.15) is 0 Å². The molecule has 1 nitrogen and oxygen atoms in total. The number of aliphatic hydroxyl groups is 1. The molecule has 0 fully saturated rings. The second-order valence-electron chi connectivity index (χ2n) is 3.64. The number of hydrogen-bond donors (Lipinski definition) is 1. The van der Waals surface area contributed by atoms with Crippen LogP contribution in [0.5, 0.6) is 0 Å². The lowest BCUT2D eigenvalue weighted by atomic mass is 9.81. The zero-order valence-electron chi connectivity index (χ0n) is 7.30. The average Bonchev–Trinajstić information content (AvgIpc) is 1.95. The van der Waals surface area contributed by atoms with E-state index in [2.05, 4.69) is 6.58 Å². The van der Waals surface area contributed by atoms with Crippen molar-refractivity contribution in [3.63, 3.8) is 0 Å². The minimum Gasteiger partial charge on any atom is -0.386 e. The fraction of sp³-hybridized carbons (Fsp3) is 0.600. The van der Waals surface area contributed by atoms with Crippen molar-refractivity contribution in [2.24, 2.45) is 5.92 Å². The molecule has 0 aromatic rings. The minimum atomic E-state index is -0.582. The highest BCUT2D eigenvalue weighted by atomic mass is 16.3. The molecule has 0 saturated carbocycles. The highest BCUT2D eigenvalue weighted by molar-refractivity contribution is 5.23. The van der Waals surface area contributed by atoms with Gasteiger partial charge in [-0.15, -0.1) is 0 Å². The Labute approximate surface area is 68.4 Å². The third kappa shape index (κ3) is 1.72. The second kappa shape index (κ2) is 2.82. The van der Waals surface area contributed by atoms with Crippen molar-refractivity contribution in [1.29, 1.82) is 0 Å². The first-order valence-corrected chi connectivity index (χ1v) is 4.14. The minimum absolute atomic E-state index is 0.298. The van der Waals surface area contributed by atoms with Gasteiger partial charge >= 0.3 is 0 Å². The Morgan fingerprint density at radius 1 is 1.64 bits per heavy atom. The van der Waals surface area contributed by atoms with Crippen LogP contribution in [-0.4, -0.2) is 10.7 Å². The van der Waals surface area contributed by atoms with Crippen molar-refractivity contribution in [3.05, 3.63) is 24.3 Å². The van der Waals surface area contributed by atoms with Gasteiger partial charge in [0.15, 0.2) is 0 Å². The van der Waals surface area contributed by atoms with Crippen molar-refractivity contribution >= 4 is 0 Å². The van der Waals surface area contributed by atoms with Gasteiger partial charge in [0.05, 0.1) is 5.60 Å². The summed E-state index contributed by atoms with van der Waals surface area (Å²) in [5, 5.41) is 9.94. The summed E-state index contributed by atoms with van der Waals surface area (Å²) in [5.41, 5.74) is 0.539. The predicted octanol–water partition coefficient (Wildman–Crippen LogP) is 2.28. The van der Waals surface area contributed by atoms with Crippen LogP contribution in [0.2, 0.25) is 0 Å². The molecule has 1 N–H and O–H groups in total. The Hall–Kier alpha value is -0.560. The second-order valence-corrected chi connectivity index (χ2v) is 3.64. The van der Waals surface area contributed by atoms with Crippen molar-refractivity contribution in [2.45, 2.75) is 32.3 Å². The first-order chi connectivity index (χ1) is 5.04. The van der Waals surface area contributed by atoms with Crippen LogP contribution in [0.1, 0.15) is 26.7 Å². The summed E-state index contributed by atoms with van der Waals surface area (Å²) in [7, 11) is 0. The lowest BCUT2D eigenvalue weighted by Crippen LogP contribution is -2.34. The van der Waals surface area contributed by atoms with E-state index in [0.717, 1.165) is 18.4 Å². The summed E-state index contributed by atoms with van der Waals surface area (Å²) in [6.45, 7) is 7.92. The van der Waals surface area contributed by atoms with Gasteiger partial charge in [-0.1, -0.05) is 38.2 Å². The van der Waals surface area contributed by atoms with Crippen LogP contribution in [-0.2, 0) is 0 Å². The summed E-state index contributed by atoms with van der Waals surface area (Å²) in [6.07, 6.45) is 5.55. The Morgan fingerprint density at radius 3 is 2.64 bits per heavy atom. The molecule has 0 aliphatic heterocycles. The van der Waals surface area contributed by atoms with Gasteiger partial charge in [-0.05, 0) is 18.8 Å². The molecule has 62 valence electrons. The van der Waals surface area contributed by atoms with Crippen LogP contribution < -0.4 is 0 Å². The topological polar surface area (TPSA) is 20.2 Å². The summed E-state index contributed by atoms with van der Waals surface area (Å²) in [5.74, 6) is 0.298. The summed E-state index contributed by atoms with van der Waals surface area (Å²) >= 11 is 0. The average molecular weight is 152 g/mol. The molecule has 0 unspecified atom stereocenters. The predicted molar refractivity (Wildman–Crippen MR) is 47.3 cm³/mol. The van der Waals surface area contributed by atoms with Crippen LogP contribution >= 0.6 is 0 Å². The highest BCUT2D eigenvalue weighted by Crippen LogP contribution is 2.30. The monoisotopic (exact) mass is 152 g/mol. The van der Waals surface area contributed by atoms with Crippen LogP contribution in [0.3, 0.4) is 0 Å². The third-order valence-electron chi connectivity index (χ3n) is 2.45. The number of allylic oxidation sites excluding steroid dienone is 2. The van der Waals surface area contributed by atoms with Crippen molar-refractivity contribution in [1.82, 2.24) is 0 Å². The Bertz CT molecular complexity index is 191. The van der Waals surface area contributed by atoms with Crippen molar-refractivity contribution in [2.75, 3.05) is 0 Å². The first-order valence-electron chi connectivity index (χ1n) is 4.14. The summed E-state index contributed by atoms with van der Waals surface area (Å²) in [4.78, 5) is 0. The lowest BCUT2D eigenvalue weighted by Gasteiger charge is -2.31. The molecule has 0 aromatic carbocycles. The number of rotatable bonds is 1. The van der Waals surface area contributed by atoms with E-state index >= 15 is 0 Å². The van der Waals surface area contributed by atoms with Gasteiger partial charge in [-0.2, -0.15) is 0 Å².